The second kappa shape index (κ2) is 9.73. The molecule has 0 aliphatic rings. The van der Waals surface area contributed by atoms with Gasteiger partial charge in [0.15, 0.2) is 0 Å². The molecule has 0 bridgehead atoms. The fourth-order valence-corrected chi connectivity index (χ4v) is 2.98. The van der Waals surface area contributed by atoms with Gasteiger partial charge in [-0.1, -0.05) is 66.2 Å². The molecule has 2 N–H and O–H groups in total. The van der Waals surface area contributed by atoms with E-state index in [1.54, 1.807) is 24.4 Å². The van der Waals surface area contributed by atoms with E-state index in [0.717, 1.165) is 22.4 Å². The Morgan fingerprint density at radius 1 is 1.03 bits per heavy atom. The van der Waals surface area contributed by atoms with Gasteiger partial charge in [0.25, 0.3) is 5.91 Å². The molecule has 3 aromatic carbocycles. The lowest BCUT2D eigenvalue weighted by molar-refractivity contribution is 0.0950. The fraction of sp³-hybridized carbons (Fsp3) is 0.0417. The predicted molar refractivity (Wildman–Crippen MR) is 121 cm³/mol. The van der Waals surface area contributed by atoms with Crippen LogP contribution in [0.1, 0.15) is 21.6 Å². The van der Waals surface area contributed by atoms with E-state index >= 15 is 0 Å². The molecular weight excluding hydrogens is 412 g/mol. The summed E-state index contributed by atoms with van der Waals surface area (Å²) in [5.74, 6) is 0.334. The van der Waals surface area contributed by atoms with E-state index in [-0.39, 0.29) is 5.91 Å². The van der Waals surface area contributed by atoms with Gasteiger partial charge in [0.2, 0.25) is 0 Å². The van der Waals surface area contributed by atoms with E-state index in [9.17, 15) is 4.79 Å². The molecule has 1 aromatic heterocycles. The summed E-state index contributed by atoms with van der Waals surface area (Å²) < 4.78 is 5.81. The third-order valence-electron chi connectivity index (χ3n) is 4.45. The Morgan fingerprint density at radius 3 is 2.65 bits per heavy atom. The maximum atomic E-state index is 12.3. The van der Waals surface area contributed by atoms with Crippen LogP contribution in [0.15, 0.2) is 90.0 Å². The molecule has 1 heterocycles. The first kappa shape index (κ1) is 20.4. The number of carbonyl (C=O) groups excluding carboxylic acids is 1. The first-order valence-corrected chi connectivity index (χ1v) is 9.97. The number of hydrogen-bond acceptors (Lipinski definition) is 4. The molecular formula is C24H19ClN4O2. The Kier molecular flexibility index (Phi) is 6.40. The van der Waals surface area contributed by atoms with Gasteiger partial charge in [-0.3, -0.25) is 9.89 Å². The normalized spacial score (nSPS) is 10.9. The van der Waals surface area contributed by atoms with Gasteiger partial charge in [-0.15, -0.1) is 0 Å². The number of amides is 1. The summed E-state index contributed by atoms with van der Waals surface area (Å²) in [6, 6.07) is 26.3. The Morgan fingerprint density at radius 2 is 1.84 bits per heavy atom. The second-order valence-electron chi connectivity index (χ2n) is 6.72. The number of carbonyl (C=O) groups is 1. The van der Waals surface area contributed by atoms with E-state index in [4.69, 9.17) is 16.3 Å². The van der Waals surface area contributed by atoms with E-state index < -0.39 is 0 Å². The van der Waals surface area contributed by atoms with Crippen LogP contribution in [-0.4, -0.2) is 22.3 Å². The van der Waals surface area contributed by atoms with Crippen molar-refractivity contribution in [2.24, 2.45) is 5.10 Å². The quantitative estimate of drug-likeness (QED) is 0.317. The Balaban J connectivity index is 1.34. The van der Waals surface area contributed by atoms with Crippen molar-refractivity contribution < 1.29 is 9.53 Å². The summed E-state index contributed by atoms with van der Waals surface area (Å²) in [5.41, 5.74) is 6.20. The van der Waals surface area contributed by atoms with Crippen LogP contribution in [0.4, 0.5) is 0 Å². The number of nitrogens with zero attached hydrogens (tertiary/aromatic N) is 2. The number of benzene rings is 3. The first-order chi connectivity index (χ1) is 15.2. The van der Waals surface area contributed by atoms with Crippen LogP contribution in [0, 0.1) is 0 Å². The summed E-state index contributed by atoms with van der Waals surface area (Å²) in [7, 11) is 0. The zero-order chi connectivity index (χ0) is 21.5. The third kappa shape index (κ3) is 5.58. The van der Waals surface area contributed by atoms with E-state index in [0.29, 0.717) is 23.0 Å². The molecule has 4 aromatic rings. The van der Waals surface area contributed by atoms with Crippen molar-refractivity contribution in [2.75, 3.05) is 0 Å². The number of hydrazone groups is 1. The number of nitrogens with one attached hydrogen (secondary N) is 2. The zero-order valence-electron chi connectivity index (χ0n) is 16.5. The van der Waals surface area contributed by atoms with Crippen LogP contribution in [0.3, 0.4) is 0 Å². The van der Waals surface area contributed by atoms with Crippen LogP contribution in [0.5, 0.6) is 5.75 Å². The minimum Gasteiger partial charge on any atom is -0.489 e. The summed E-state index contributed by atoms with van der Waals surface area (Å²) in [6.45, 7) is 0.480. The Labute approximate surface area is 184 Å². The van der Waals surface area contributed by atoms with E-state index in [1.165, 1.54) is 0 Å². The van der Waals surface area contributed by atoms with Crippen LogP contribution in [0.2, 0.25) is 5.02 Å². The molecule has 4 rings (SSSR count). The van der Waals surface area contributed by atoms with Gasteiger partial charge < -0.3 is 4.74 Å². The number of halogens is 1. The van der Waals surface area contributed by atoms with Gasteiger partial charge >= 0.3 is 0 Å². The molecule has 0 aliphatic carbocycles. The van der Waals surface area contributed by atoms with Crippen LogP contribution in [0.25, 0.3) is 11.3 Å². The number of ether oxygens (including phenoxy) is 1. The summed E-state index contributed by atoms with van der Waals surface area (Å²) in [5, 5.41) is 11.5. The molecule has 1 amide bonds. The third-order valence-corrected chi connectivity index (χ3v) is 4.70. The lowest BCUT2D eigenvalue weighted by Gasteiger charge is -2.06. The van der Waals surface area contributed by atoms with Crippen molar-refractivity contribution in [1.82, 2.24) is 15.6 Å². The van der Waals surface area contributed by atoms with E-state index in [2.05, 4.69) is 20.7 Å². The Bertz CT molecular complexity index is 1190. The maximum Gasteiger partial charge on any atom is 0.289 e. The Hall–Kier alpha value is -3.90. The SMILES string of the molecule is O=C(N/N=C\c1cccc(OCc2ccccc2)c1)c1cc(-c2ccc(Cl)cc2)n[nH]1. The average Bonchev–Trinajstić information content (AvgIpc) is 3.30. The van der Waals surface area contributed by atoms with Crippen molar-refractivity contribution >= 4 is 23.7 Å². The van der Waals surface area contributed by atoms with Crippen molar-refractivity contribution in [3.63, 3.8) is 0 Å². The largest absolute Gasteiger partial charge is 0.489 e. The molecule has 6 nitrogen and oxygen atoms in total. The molecule has 0 saturated heterocycles. The second-order valence-corrected chi connectivity index (χ2v) is 7.16. The first-order valence-electron chi connectivity index (χ1n) is 9.59. The lowest BCUT2D eigenvalue weighted by atomic mass is 10.1. The molecule has 0 aliphatic heterocycles. The number of rotatable bonds is 7. The smallest absolute Gasteiger partial charge is 0.289 e. The molecule has 0 atom stereocenters. The van der Waals surface area contributed by atoms with Gasteiger partial charge in [-0.25, -0.2) is 5.43 Å². The highest BCUT2D eigenvalue weighted by molar-refractivity contribution is 6.30. The maximum absolute atomic E-state index is 12.3. The summed E-state index contributed by atoms with van der Waals surface area (Å²) in [4.78, 5) is 12.3. The van der Waals surface area contributed by atoms with Crippen LogP contribution >= 0.6 is 11.6 Å². The molecule has 154 valence electrons. The highest BCUT2D eigenvalue weighted by atomic mass is 35.5. The molecule has 0 radical (unpaired) electrons. The molecule has 0 fully saturated rings. The van der Waals surface area contributed by atoms with Gasteiger partial charge in [-0.05, 0) is 41.5 Å². The lowest BCUT2D eigenvalue weighted by Crippen LogP contribution is -2.18. The predicted octanol–water partition coefficient (Wildman–Crippen LogP) is 5.07. The highest BCUT2D eigenvalue weighted by Gasteiger charge is 2.10. The number of hydrogen-bond donors (Lipinski definition) is 2. The van der Waals surface area contributed by atoms with E-state index in [1.807, 2.05) is 66.7 Å². The topological polar surface area (TPSA) is 79.4 Å². The zero-order valence-corrected chi connectivity index (χ0v) is 17.2. The van der Waals surface area contributed by atoms with Crippen LogP contribution < -0.4 is 10.2 Å². The number of H-pyrrole nitrogens is 1. The van der Waals surface area contributed by atoms with Gasteiger partial charge in [0.1, 0.15) is 18.1 Å². The molecule has 0 saturated carbocycles. The summed E-state index contributed by atoms with van der Waals surface area (Å²) in [6.07, 6.45) is 1.56. The minimum absolute atomic E-state index is 0.307. The number of aromatic amines is 1. The molecule has 0 unspecified atom stereocenters. The summed E-state index contributed by atoms with van der Waals surface area (Å²) >= 11 is 5.90. The van der Waals surface area contributed by atoms with Crippen molar-refractivity contribution in [3.05, 3.63) is 107 Å². The standard InChI is InChI=1S/C24H19ClN4O2/c25-20-11-9-19(10-12-20)22-14-23(28-27-22)24(30)29-26-15-18-7-4-8-21(13-18)31-16-17-5-2-1-3-6-17/h1-15H,16H2,(H,27,28)(H,29,30)/b26-15-. The van der Waals surface area contributed by atoms with Gasteiger partial charge in [-0.2, -0.15) is 10.2 Å². The fourth-order valence-electron chi connectivity index (χ4n) is 2.86. The van der Waals surface area contributed by atoms with Gasteiger partial charge in [0, 0.05) is 10.6 Å². The molecule has 31 heavy (non-hydrogen) atoms. The van der Waals surface area contributed by atoms with Gasteiger partial charge in [0.05, 0.1) is 11.9 Å². The van der Waals surface area contributed by atoms with Crippen molar-refractivity contribution in [2.45, 2.75) is 6.61 Å². The molecule has 7 heteroatoms. The minimum atomic E-state index is -0.388. The van der Waals surface area contributed by atoms with Crippen molar-refractivity contribution in [3.8, 4) is 17.0 Å². The molecule has 0 spiro atoms. The van der Waals surface area contributed by atoms with Crippen molar-refractivity contribution in [1.29, 1.82) is 0 Å². The number of aromatic nitrogens is 2. The highest BCUT2D eigenvalue weighted by Crippen LogP contribution is 2.20. The average molecular weight is 431 g/mol. The van der Waals surface area contributed by atoms with Crippen LogP contribution in [-0.2, 0) is 6.61 Å². The monoisotopic (exact) mass is 430 g/mol.